The van der Waals surface area contributed by atoms with E-state index in [9.17, 15) is 8.42 Å². The Balaban J connectivity index is 0.00000289. The van der Waals surface area contributed by atoms with Crippen LogP contribution in [0.1, 0.15) is 35.4 Å². The summed E-state index contributed by atoms with van der Waals surface area (Å²) in [5.41, 5.74) is 10.4. The number of hydrogen-bond acceptors (Lipinski definition) is 4. The fraction of sp³-hybridized carbons (Fsp3) is 0.308. The molecule has 1 aliphatic carbocycles. The predicted octanol–water partition coefficient (Wildman–Crippen LogP) is 4.95. The molecule has 2 N–H and O–H groups in total. The zero-order chi connectivity index (χ0) is 21.7. The van der Waals surface area contributed by atoms with Gasteiger partial charge in [-0.05, 0) is 66.6 Å². The summed E-state index contributed by atoms with van der Waals surface area (Å²) in [5, 5.41) is 0. The van der Waals surface area contributed by atoms with Crippen molar-refractivity contribution in [1.29, 1.82) is 0 Å². The van der Waals surface area contributed by atoms with Crippen LogP contribution in [0.3, 0.4) is 0 Å². The van der Waals surface area contributed by atoms with E-state index in [4.69, 9.17) is 10.5 Å². The predicted molar refractivity (Wildman–Crippen MR) is 131 cm³/mol. The van der Waals surface area contributed by atoms with Crippen LogP contribution in [-0.2, 0) is 22.7 Å². The molecule has 0 spiro atoms. The average molecular weight is 472 g/mol. The van der Waals surface area contributed by atoms with Crippen LogP contribution >= 0.6 is 12.4 Å². The number of ether oxygens (including phenoxy) is 1. The Morgan fingerprint density at radius 1 is 0.938 bits per heavy atom. The molecule has 4 nitrogen and oxygen atoms in total. The molecular weight excluding hydrogens is 442 g/mol. The normalized spacial score (nSPS) is 17.8. The molecule has 0 aliphatic heterocycles. The Morgan fingerprint density at radius 2 is 1.62 bits per heavy atom. The van der Waals surface area contributed by atoms with Crippen LogP contribution in [0.15, 0.2) is 83.8 Å². The minimum absolute atomic E-state index is 0. The molecule has 0 aromatic heterocycles. The summed E-state index contributed by atoms with van der Waals surface area (Å²) in [5.74, 6) is 1.11. The fourth-order valence-corrected chi connectivity index (χ4v) is 5.61. The van der Waals surface area contributed by atoms with Gasteiger partial charge in [0, 0.05) is 12.0 Å². The first-order valence-electron chi connectivity index (χ1n) is 10.9. The van der Waals surface area contributed by atoms with Gasteiger partial charge in [-0.25, -0.2) is 8.42 Å². The Bertz CT molecular complexity index is 1100. The van der Waals surface area contributed by atoms with Crippen molar-refractivity contribution in [3.8, 4) is 5.75 Å². The Kier molecular flexibility index (Phi) is 8.35. The standard InChI is InChI=1S/C26H29NO3S.ClH/c27-26-15-13-21-12-14-22(19-24(21)25(26)18-20-8-3-1-4-9-20)30-16-7-17-31(28,29)23-10-5-2-6-11-23;/h1-6,8-12,14,19,25-26H,7,13,15-18,27H2;1H. The third kappa shape index (κ3) is 5.91. The van der Waals surface area contributed by atoms with Gasteiger partial charge in [0.05, 0.1) is 17.3 Å². The molecule has 0 saturated carbocycles. The first-order valence-corrected chi connectivity index (χ1v) is 12.5. The van der Waals surface area contributed by atoms with Crippen LogP contribution in [0.5, 0.6) is 5.75 Å². The van der Waals surface area contributed by atoms with E-state index >= 15 is 0 Å². The zero-order valence-electron chi connectivity index (χ0n) is 18.0. The van der Waals surface area contributed by atoms with Crippen molar-refractivity contribution < 1.29 is 13.2 Å². The number of halogens is 1. The molecule has 3 aromatic rings. The second-order valence-corrected chi connectivity index (χ2v) is 10.3. The van der Waals surface area contributed by atoms with Gasteiger partial charge in [-0.3, -0.25) is 0 Å². The lowest BCUT2D eigenvalue weighted by atomic mass is 9.76. The third-order valence-electron chi connectivity index (χ3n) is 6.01. The van der Waals surface area contributed by atoms with Gasteiger partial charge >= 0.3 is 0 Å². The molecule has 0 heterocycles. The lowest BCUT2D eigenvalue weighted by Gasteiger charge is -2.32. The van der Waals surface area contributed by atoms with E-state index in [2.05, 4.69) is 36.4 Å². The SMILES string of the molecule is Cl.NC1CCc2ccc(OCCCS(=O)(=O)c3ccccc3)cc2C1Cc1ccccc1. The molecular formula is C26H30ClNO3S. The minimum atomic E-state index is -3.28. The highest BCUT2D eigenvalue weighted by Gasteiger charge is 2.27. The molecule has 0 radical (unpaired) electrons. The average Bonchev–Trinajstić information content (AvgIpc) is 2.80. The van der Waals surface area contributed by atoms with Crippen molar-refractivity contribution in [2.24, 2.45) is 5.73 Å². The van der Waals surface area contributed by atoms with Crippen LogP contribution in [0.2, 0.25) is 0 Å². The van der Waals surface area contributed by atoms with E-state index in [-0.39, 0.29) is 30.1 Å². The van der Waals surface area contributed by atoms with Gasteiger partial charge in [-0.2, -0.15) is 0 Å². The molecule has 1 aliphatic rings. The Hall–Kier alpha value is -2.34. The summed E-state index contributed by atoms with van der Waals surface area (Å²) in [4.78, 5) is 0.363. The zero-order valence-corrected chi connectivity index (χ0v) is 19.7. The number of benzene rings is 3. The summed E-state index contributed by atoms with van der Waals surface area (Å²) in [7, 11) is -3.28. The largest absolute Gasteiger partial charge is 0.494 e. The van der Waals surface area contributed by atoms with Crippen LogP contribution in [-0.4, -0.2) is 26.8 Å². The summed E-state index contributed by atoms with van der Waals surface area (Å²) in [6.07, 6.45) is 3.33. The monoisotopic (exact) mass is 471 g/mol. The van der Waals surface area contributed by atoms with E-state index in [1.165, 1.54) is 16.7 Å². The second-order valence-electron chi connectivity index (χ2n) is 8.19. The van der Waals surface area contributed by atoms with Crippen molar-refractivity contribution in [1.82, 2.24) is 0 Å². The molecule has 0 bridgehead atoms. The molecule has 3 aromatic carbocycles. The molecule has 4 rings (SSSR count). The molecule has 0 amide bonds. The van der Waals surface area contributed by atoms with Crippen molar-refractivity contribution in [2.75, 3.05) is 12.4 Å². The number of aryl methyl sites for hydroxylation is 1. The Labute approximate surface area is 197 Å². The van der Waals surface area contributed by atoms with Gasteiger partial charge in [-0.1, -0.05) is 54.6 Å². The van der Waals surface area contributed by atoms with E-state index < -0.39 is 9.84 Å². The fourth-order valence-electron chi connectivity index (χ4n) is 4.30. The third-order valence-corrected chi connectivity index (χ3v) is 7.82. The van der Waals surface area contributed by atoms with Crippen molar-refractivity contribution in [3.63, 3.8) is 0 Å². The Morgan fingerprint density at radius 3 is 2.34 bits per heavy atom. The van der Waals surface area contributed by atoms with Crippen molar-refractivity contribution in [2.45, 2.75) is 42.5 Å². The second kappa shape index (κ2) is 11.0. The van der Waals surface area contributed by atoms with Crippen LogP contribution < -0.4 is 10.5 Å². The maximum atomic E-state index is 12.4. The number of rotatable bonds is 8. The number of sulfone groups is 1. The summed E-state index contributed by atoms with van der Waals surface area (Å²) in [6.45, 7) is 0.361. The number of nitrogens with two attached hydrogens (primary N) is 1. The minimum Gasteiger partial charge on any atom is -0.494 e. The quantitative estimate of drug-likeness (QED) is 0.472. The van der Waals surface area contributed by atoms with Gasteiger partial charge in [0.15, 0.2) is 9.84 Å². The van der Waals surface area contributed by atoms with E-state index in [1.807, 2.05) is 18.2 Å². The smallest absolute Gasteiger partial charge is 0.178 e. The van der Waals surface area contributed by atoms with Crippen LogP contribution in [0, 0.1) is 0 Å². The summed E-state index contributed by atoms with van der Waals surface area (Å²) >= 11 is 0. The highest BCUT2D eigenvalue weighted by Crippen LogP contribution is 2.35. The van der Waals surface area contributed by atoms with Crippen LogP contribution in [0.4, 0.5) is 0 Å². The van der Waals surface area contributed by atoms with E-state index in [1.54, 1.807) is 24.3 Å². The molecule has 6 heteroatoms. The summed E-state index contributed by atoms with van der Waals surface area (Å²) in [6, 6.07) is 25.4. The maximum absolute atomic E-state index is 12.4. The maximum Gasteiger partial charge on any atom is 0.178 e. The molecule has 2 atom stereocenters. The van der Waals surface area contributed by atoms with E-state index in [0.717, 1.165) is 25.0 Å². The van der Waals surface area contributed by atoms with Crippen LogP contribution in [0.25, 0.3) is 0 Å². The lowest BCUT2D eigenvalue weighted by molar-refractivity contribution is 0.316. The van der Waals surface area contributed by atoms with E-state index in [0.29, 0.717) is 17.9 Å². The lowest BCUT2D eigenvalue weighted by Crippen LogP contribution is -2.34. The first-order chi connectivity index (χ1) is 15.0. The highest BCUT2D eigenvalue weighted by atomic mass is 35.5. The van der Waals surface area contributed by atoms with Crippen molar-refractivity contribution in [3.05, 3.63) is 95.6 Å². The van der Waals surface area contributed by atoms with Crippen molar-refractivity contribution >= 4 is 22.2 Å². The molecule has 2 unspecified atom stereocenters. The van der Waals surface area contributed by atoms with Gasteiger partial charge < -0.3 is 10.5 Å². The van der Waals surface area contributed by atoms with Gasteiger partial charge in [0.25, 0.3) is 0 Å². The molecule has 0 fully saturated rings. The molecule has 170 valence electrons. The highest BCUT2D eigenvalue weighted by molar-refractivity contribution is 7.91. The van der Waals surface area contributed by atoms with Gasteiger partial charge in [0.1, 0.15) is 5.75 Å². The number of fused-ring (bicyclic) bond motifs is 1. The molecule has 0 saturated heterocycles. The number of hydrogen-bond donors (Lipinski definition) is 1. The summed E-state index contributed by atoms with van der Waals surface area (Å²) < 4.78 is 30.8. The molecule has 32 heavy (non-hydrogen) atoms. The van der Waals surface area contributed by atoms with Gasteiger partial charge in [-0.15, -0.1) is 12.4 Å². The topological polar surface area (TPSA) is 69.4 Å². The van der Waals surface area contributed by atoms with Gasteiger partial charge in [0.2, 0.25) is 0 Å². The first kappa shape index (κ1) is 24.3.